The van der Waals surface area contributed by atoms with Gasteiger partial charge in [-0.25, -0.2) is 0 Å². The molecule has 15 heavy (non-hydrogen) atoms. The van der Waals surface area contributed by atoms with Crippen LogP contribution >= 0.6 is 43.2 Å². The number of Topliss-reactive ketones (excluding diaryl/α,β-unsaturated/α-hetero) is 1. The van der Waals surface area contributed by atoms with Crippen LogP contribution in [0.5, 0.6) is 0 Å². The van der Waals surface area contributed by atoms with Crippen LogP contribution in [-0.4, -0.2) is 11.8 Å². The Kier molecular flexibility index (Phi) is 3.00. The largest absolute Gasteiger partial charge is 0.457 e. The van der Waals surface area contributed by atoms with E-state index in [2.05, 4.69) is 31.9 Å². The van der Waals surface area contributed by atoms with Gasteiger partial charge in [0.25, 0.3) is 0 Å². The van der Waals surface area contributed by atoms with Crippen LogP contribution in [-0.2, 0) is 9.53 Å². The predicted molar refractivity (Wildman–Crippen MR) is 63.2 cm³/mol. The Hall–Kier alpha value is -0.200. The Balaban J connectivity index is 2.44. The molecule has 0 fully saturated rings. The molecular weight excluding hydrogens is 348 g/mol. The van der Waals surface area contributed by atoms with E-state index in [0.717, 1.165) is 13.1 Å². The van der Waals surface area contributed by atoms with Crippen LogP contribution in [0.25, 0.3) is 0 Å². The number of carbonyl (C=O) groups is 2. The van der Waals surface area contributed by atoms with Gasteiger partial charge in [-0.3, -0.25) is 9.59 Å². The van der Waals surface area contributed by atoms with Gasteiger partial charge in [0.05, 0.1) is 19.6 Å². The average Bonchev–Trinajstić information content (AvgIpc) is 2.54. The van der Waals surface area contributed by atoms with E-state index >= 15 is 0 Å². The molecule has 0 aliphatic heterocycles. The number of esters is 1. The van der Waals surface area contributed by atoms with Crippen molar-refractivity contribution in [1.29, 1.82) is 0 Å². The van der Waals surface area contributed by atoms with Crippen LogP contribution in [0.1, 0.15) is 35.4 Å². The van der Waals surface area contributed by atoms with Crippen LogP contribution in [0.15, 0.2) is 7.57 Å². The smallest absolute Gasteiger partial charge is 0.303 e. The van der Waals surface area contributed by atoms with Crippen LogP contribution in [0.2, 0.25) is 0 Å². The summed E-state index contributed by atoms with van der Waals surface area (Å²) >= 11 is 8.13. The third kappa shape index (κ3) is 1.90. The third-order valence-corrected chi connectivity index (χ3v) is 4.71. The molecule has 0 amide bonds. The minimum absolute atomic E-state index is 0.0186. The molecule has 6 heteroatoms. The highest BCUT2D eigenvalue weighted by molar-refractivity contribution is 9.12. The molecule has 80 valence electrons. The summed E-state index contributed by atoms with van der Waals surface area (Å²) < 4.78 is 6.74. The van der Waals surface area contributed by atoms with E-state index in [1.54, 1.807) is 0 Å². The summed E-state index contributed by atoms with van der Waals surface area (Å²) in [7, 11) is 0. The fourth-order valence-corrected chi connectivity index (χ4v) is 4.95. The minimum atomic E-state index is -0.429. The third-order valence-electron chi connectivity index (χ3n) is 2.14. The maximum absolute atomic E-state index is 11.7. The minimum Gasteiger partial charge on any atom is -0.457 e. The predicted octanol–water partition coefficient (Wildman–Crippen LogP) is 3.46. The van der Waals surface area contributed by atoms with Crippen LogP contribution in [0.3, 0.4) is 0 Å². The Bertz CT molecular complexity index is 452. The quantitative estimate of drug-likeness (QED) is 0.726. The molecule has 2 rings (SSSR count). The second-order valence-electron chi connectivity index (χ2n) is 3.16. The molecule has 1 aliphatic carbocycles. The lowest BCUT2D eigenvalue weighted by atomic mass is 10.2. The maximum atomic E-state index is 11.7. The van der Waals surface area contributed by atoms with Crippen molar-refractivity contribution in [3.05, 3.63) is 18.7 Å². The Morgan fingerprint density at radius 1 is 1.47 bits per heavy atom. The van der Waals surface area contributed by atoms with Gasteiger partial charge in [0.1, 0.15) is 6.10 Å². The zero-order valence-corrected chi connectivity index (χ0v) is 11.7. The van der Waals surface area contributed by atoms with Gasteiger partial charge in [-0.2, -0.15) is 0 Å². The monoisotopic (exact) mass is 352 g/mol. The standard InChI is InChI=1S/C9H6Br2O3S/c1-3(12)14-5-2-4(13)6-7(5)9(11)15-8(6)10/h5H,2H2,1H3. The summed E-state index contributed by atoms with van der Waals surface area (Å²) in [6.45, 7) is 1.35. The van der Waals surface area contributed by atoms with Crippen LogP contribution in [0, 0.1) is 0 Å². The van der Waals surface area contributed by atoms with Crippen molar-refractivity contribution in [2.75, 3.05) is 0 Å². The topological polar surface area (TPSA) is 43.4 Å². The molecule has 1 unspecified atom stereocenters. The van der Waals surface area contributed by atoms with E-state index in [9.17, 15) is 9.59 Å². The first-order valence-electron chi connectivity index (χ1n) is 4.18. The lowest BCUT2D eigenvalue weighted by Gasteiger charge is -2.09. The van der Waals surface area contributed by atoms with Crippen molar-refractivity contribution in [3.8, 4) is 0 Å². The van der Waals surface area contributed by atoms with Crippen LogP contribution < -0.4 is 0 Å². The fraction of sp³-hybridized carbons (Fsp3) is 0.333. The number of hydrogen-bond donors (Lipinski definition) is 0. The number of ether oxygens (including phenoxy) is 1. The molecular formula is C9H6Br2O3S. The van der Waals surface area contributed by atoms with Crippen molar-refractivity contribution in [1.82, 2.24) is 0 Å². The number of halogens is 2. The van der Waals surface area contributed by atoms with Crippen molar-refractivity contribution in [3.63, 3.8) is 0 Å². The van der Waals surface area contributed by atoms with Crippen molar-refractivity contribution in [2.24, 2.45) is 0 Å². The molecule has 0 saturated carbocycles. The summed E-state index contributed by atoms with van der Waals surface area (Å²) in [5, 5.41) is 0. The van der Waals surface area contributed by atoms with Crippen molar-refractivity contribution in [2.45, 2.75) is 19.4 Å². The summed E-state index contributed by atoms with van der Waals surface area (Å²) in [5.41, 5.74) is 1.45. The van der Waals surface area contributed by atoms with E-state index in [1.807, 2.05) is 0 Å². The molecule has 0 saturated heterocycles. The van der Waals surface area contributed by atoms with Gasteiger partial charge in [0.15, 0.2) is 5.78 Å². The average molecular weight is 354 g/mol. The van der Waals surface area contributed by atoms with E-state index < -0.39 is 6.10 Å². The van der Waals surface area contributed by atoms with E-state index in [0.29, 0.717) is 5.56 Å². The molecule has 1 heterocycles. The maximum Gasteiger partial charge on any atom is 0.303 e. The van der Waals surface area contributed by atoms with Crippen molar-refractivity contribution < 1.29 is 14.3 Å². The Morgan fingerprint density at radius 2 is 2.13 bits per heavy atom. The first-order chi connectivity index (χ1) is 7.00. The molecule has 0 aromatic carbocycles. The SMILES string of the molecule is CC(=O)OC1CC(=O)c2c(Br)sc(Br)c21. The van der Waals surface area contributed by atoms with Gasteiger partial charge in [-0.1, -0.05) is 0 Å². The highest BCUT2D eigenvalue weighted by atomic mass is 79.9. The summed E-state index contributed by atoms with van der Waals surface area (Å²) in [4.78, 5) is 22.5. The van der Waals surface area contributed by atoms with E-state index in [1.165, 1.54) is 18.3 Å². The molecule has 0 N–H and O–H groups in total. The molecule has 1 atom stereocenters. The summed E-state index contributed by atoms with van der Waals surface area (Å²) in [6.07, 6.45) is -0.184. The highest BCUT2D eigenvalue weighted by Crippen LogP contribution is 2.47. The Morgan fingerprint density at radius 3 is 2.73 bits per heavy atom. The van der Waals surface area contributed by atoms with E-state index in [4.69, 9.17) is 4.74 Å². The molecule has 1 aliphatic rings. The zero-order valence-electron chi connectivity index (χ0n) is 7.67. The number of ketones is 1. The fourth-order valence-electron chi connectivity index (χ4n) is 1.61. The second-order valence-corrected chi connectivity index (χ2v) is 6.82. The van der Waals surface area contributed by atoms with Gasteiger partial charge in [0.2, 0.25) is 0 Å². The molecule has 0 spiro atoms. The second kappa shape index (κ2) is 3.99. The molecule has 1 aromatic rings. The molecule has 1 aromatic heterocycles. The van der Waals surface area contributed by atoms with Crippen LogP contribution in [0.4, 0.5) is 0 Å². The first-order valence-corrected chi connectivity index (χ1v) is 6.59. The number of thiophene rings is 1. The van der Waals surface area contributed by atoms with Gasteiger partial charge in [-0.05, 0) is 31.9 Å². The molecule has 3 nitrogen and oxygen atoms in total. The number of carbonyl (C=O) groups excluding carboxylic acids is 2. The summed E-state index contributed by atoms with van der Waals surface area (Å²) in [6, 6.07) is 0. The normalized spacial score (nSPS) is 19.1. The van der Waals surface area contributed by atoms with Gasteiger partial charge in [0, 0.05) is 12.5 Å². The van der Waals surface area contributed by atoms with Gasteiger partial charge in [-0.15, -0.1) is 11.3 Å². The van der Waals surface area contributed by atoms with E-state index in [-0.39, 0.29) is 18.2 Å². The van der Waals surface area contributed by atoms with Crippen molar-refractivity contribution >= 4 is 54.9 Å². The zero-order chi connectivity index (χ0) is 11.2. The highest BCUT2D eigenvalue weighted by Gasteiger charge is 2.37. The number of rotatable bonds is 1. The Labute approximate surface area is 107 Å². The molecule has 0 radical (unpaired) electrons. The number of fused-ring (bicyclic) bond motifs is 1. The van der Waals surface area contributed by atoms with Gasteiger partial charge >= 0.3 is 5.97 Å². The lowest BCUT2D eigenvalue weighted by molar-refractivity contribution is -0.146. The first kappa shape index (κ1) is 11.3. The van der Waals surface area contributed by atoms with Gasteiger partial charge < -0.3 is 4.74 Å². The lowest BCUT2D eigenvalue weighted by Crippen LogP contribution is -2.05. The summed E-state index contributed by atoms with van der Waals surface area (Å²) in [5.74, 6) is -0.347. The number of hydrogen-bond acceptors (Lipinski definition) is 4. The molecule has 0 bridgehead atoms.